The maximum absolute atomic E-state index is 7.19. The van der Waals surface area contributed by atoms with Gasteiger partial charge in [0.2, 0.25) is 0 Å². The van der Waals surface area contributed by atoms with Crippen LogP contribution in [0.1, 0.15) is 68.2 Å². The monoisotopic (exact) mass is 386 g/mol. The molecule has 0 saturated carbocycles. The largest absolute Gasteiger partial charge is 0.407 e. The van der Waals surface area contributed by atoms with E-state index >= 15 is 0 Å². The lowest BCUT2D eigenvalue weighted by Gasteiger charge is -2.56. The number of rotatable bonds is 4. The highest BCUT2D eigenvalue weighted by molar-refractivity contribution is 6.69. The van der Waals surface area contributed by atoms with E-state index in [-0.39, 0.29) is 21.8 Å². The molecule has 27 heavy (non-hydrogen) atoms. The molecule has 0 aromatic carbocycles. The molecule has 152 valence electrons. The van der Waals surface area contributed by atoms with Crippen molar-refractivity contribution in [3.8, 4) is 0 Å². The van der Waals surface area contributed by atoms with Crippen molar-refractivity contribution < 1.29 is 4.43 Å². The Hall–Kier alpha value is -0.863. The molecule has 2 rings (SSSR count). The predicted octanol–water partition coefficient (Wildman–Crippen LogP) is 7.84. The van der Waals surface area contributed by atoms with E-state index in [4.69, 9.17) is 4.43 Å². The number of hydrogen-bond donors (Lipinski definition) is 0. The summed E-state index contributed by atoms with van der Waals surface area (Å²) < 4.78 is 7.19. The Morgan fingerprint density at radius 2 is 1.44 bits per heavy atom. The molecule has 2 aliphatic carbocycles. The molecule has 0 fully saturated rings. The van der Waals surface area contributed by atoms with Crippen LogP contribution in [-0.4, -0.2) is 13.9 Å². The van der Waals surface area contributed by atoms with E-state index in [2.05, 4.69) is 105 Å². The molecule has 0 amide bonds. The van der Waals surface area contributed by atoms with Crippen LogP contribution in [0.25, 0.3) is 0 Å². The predicted molar refractivity (Wildman–Crippen MR) is 122 cm³/mol. The lowest BCUT2D eigenvalue weighted by Crippen LogP contribution is -2.57. The summed E-state index contributed by atoms with van der Waals surface area (Å²) in [7, 11) is -1.79. The minimum Gasteiger partial charge on any atom is -0.407 e. The second-order valence-electron chi connectivity index (χ2n) is 11.9. The molecule has 0 aliphatic heterocycles. The molecule has 0 aromatic heterocycles. The van der Waals surface area contributed by atoms with Crippen molar-refractivity contribution in [1.29, 1.82) is 0 Å². The maximum Gasteiger partial charge on any atom is 0.185 e. The summed E-state index contributed by atoms with van der Waals surface area (Å²) in [6, 6.07) is 0. The lowest BCUT2D eigenvalue weighted by molar-refractivity contribution is -0.00863. The summed E-state index contributed by atoms with van der Waals surface area (Å²) in [5, 5.41) is 0. The van der Waals surface area contributed by atoms with Crippen LogP contribution in [0.15, 0.2) is 47.1 Å². The smallest absolute Gasteiger partial charge is 0.185 e. The summed E-state index contributed by atoms with van der Waals surface area (Å²) in [6.45, 7) is 25.8. The first-order valence-corrected chi connectivity index (χ1v) is 13.9. The molecule has 0 heterocycles. The van der Waals surface area contributed by atoms with E-state index in [0.29, 0.717) is 0 Å². The standard InChI is InChI=1S/C25H42OSi/c1-22(2,3)20-16-17-25(26-27(9,10)11,21(18-20)23(4,5)6)24(7,8)19-14-12-13-15-19/h12,14-16,18H,13,17H2,1-11H3. The SMILES string of the molecule is CC(C)(C)C1=CCC(O[Si](C)(C)C)(C(C)(C)C2=CCC=C2)C(C(C)(C)C)=C1. The van der Waals surface area contributed by atoms with Gasteiger partial charge in [0.25, 0.3) is 0 Å². The highest BCUT2D eigenvalue weighted by atomic mass is 28.4. The third-order valence-electron chi connectivity index (χ3n) is 6.00. The Morgan fingerprint density at radius 3 is 1.85 bits per heavy atom. The van der Waals surface area contributed by atoms with Crippen molar-refractivity contribution >= 4 is 8.32 Å². The van der Waals surface area contributed by atoms with E-state index in [1.54, 1.807) is 0 Å². The van der Waals surface area contributed by atoms with E-state index in [1.165, 1.54) is 16.7 Å². The van der Waals surface area contributed by atoms with E-state index in [9.17, 15) is 0 Å². The van der Waals surface area contributed by atoms with Gasteiger partial charge in [0.15, 0.2) is 8.32 Å². The first-order chi connectivity index (χ1) is 12.0. The van der Waals surface area contributed by atoms with Crippen molar-refractivity contribution in [3.05, 3.63) is 47.1 Å². The highest BCUT2D eigenvalue weighted by Gasteiger charge is 2.55. The fraction of sp³-hybridized carbons (Fsp3) is 0.680. The molecule has 0 aromatic rings. The van der Waals surface area contributed by atoms with E-state index < -0.39 is 8.32 Å². The van der Waals surface area contributed by atoms with Gasteiger partial charge in [0.05, 0.1) is 5.60 Å². The van der Waals surface area contributed by atoms with Crippen LogP contribution in [0.3, 0.4) is 0 Å². The molecule has 1 nitrogen and oxygen atoms in total. The van der Waals surface area contributed by atoms with Crippen LogP contribution in [0.2, 0.25) is 19.6 Å². The normalized spacial score (nSPS) is 24.6. The Balaban J connectivity index is 2.74. The number of hydrogen-bond acceptors (Lipinski definition) is 1. The molecule has 0 N–H and O–H groups in total. The molecule has 2 heteroatoms. The fourth-order valence-corrected chi connectivity index (χ4v) is 6.03. The zero-order valence-electron chi connectivity index (χ0n) is 19.7. The number of allylic oxidation sites excluding steroid dienone is 5. The summed E-state index contributed by atoms with van der Waals surface area (Å²) >= 11 is 0. The average molecular weight is 387 g/mol. The molecule has 1 unspecified atom stereocenters. The summed E-state index contributed by atoms with van der Waals surface area (Å²) in [5.74, 6) is 0. The molecule has 0 spiro atoms. The molecule has 1 atom stereocenters. The van der Waals surface area contributed by atoms with Crippen molar-refractivity contribution in [3.63, 3.8) is 0 Å². The van der Waals surface area contributed by atoms with Gasteiger partial charge in [-0.2, -0.15) is 0 Å². The maximum atomic E-state index is 7.19. The van der Waals surface area contributed by atoms with Gasteiger partial charge in [-0.15, -0.1) is 0 Å². The van der Waals surface area contributed by atoms with Crippen molar-refractivity contribution in [2.75, 3.05) is 0 Å². The van der Waals surface area contributed by atoms with Gasteiger partial charge in [0, 0.05) is 5.41 Å². The first kappa shape index (κ1) is 22.4. The Bertz CT molecular complexity index is 696. The zero-order valence-corrected chi connectivity index (χ0v) is 20.7. The molecule has 0 bridgehead atoms. The minimum atomic E-state index is -1.79. The van der Waals surface area contributed by atoms with Gasteiger partial charge < -0.3 is 4.43 Å². The summed E-state index contributed by atoms with van der Waals surface area (Å²) in [4.78, 5) is 0. The molecular weight excluding hydrogens is 344 g/mol. The second-order valence-corrected chi connectivity index (χ2v) is 16.3. The van der Waals surface area contributed by atoms with Crippen LogP contribution in [-0.2, 0) is 4.43 Å². The van der Waals surface area contributed by atoms with Crippen molar-refractivity contribution in [2.45, 2.75) is 93.5 Å². The van der Waals surface area contributed by atoms with Crippen LogP contribution < -0.4 is 0 Å². The zero-order chi connectivity index (χ0) is 20.9. The first-order valence-electron chi connectivity index (χ1n) is 10.5. The van der Waals surface area contributed by atoms with E-state index in [0.717, 1.165) is 12.8 Å². The Kier molecular flexibility index (Phi) is 5.71. The van der Waals surface area contributed by atoms with Gasteiger partial charge in [-0.1, -0.05) is 85.8 Å². The highest BCUT2D eigenvalue weighted by Crippen LogP contribution is 2.57. The average Bonchev–Trinajstić information content (AvgIpc) is 2.97. The third kappa shape index (κ3) is 4.43. The van der Waals surface area contributed by atoms with Gasteiger partial charge in [-0.25, -0.2) is 0 Å². The van der Waals surface area contributed by atoms with Gasteiger partial charge in [-0.05, 0) is 60.0 Å². The topological polar surface area (TPSA) is 9.23 Å². The van der Waals surface area contributed by atoms with Crippen LogP contribution >= 0.6 is 0 Å². The van der Waals surface area contributed by atoms with Crippen LogP contribution in [0.5, 0.6) is 0 Å². The van der Waals surface area contributed by atoms with Crippen LogP contribution in [0, 0.1) is 16.2 Å². The van der Waals surface area contributed by atoms with Gasteiger partial charge in [0.1, 0.15) is 0 Å². The van der Waals surface area contributed by atoms with Crippen LogP contribution in [0.4, 0.5) is 0 Å². The Labute approximate surface area is 169 Å². The molecule has 2 aliphatic rings. The summed E-state index contributed by atoms with van der Waals surface area (Å²) in [5.41, 5.74) is 4.13. The van der Waals surface area contributed by atoms with Gasteiger partial charge >= 0.3 is 0 Å². The molecular formula is C25H42OSi. The van der Waals surface area contributed by atoms with Gasteiger partial charge in [-0.3, -0.25) is 0 Å². The second kappa shape index (κ2) is 6.88. The van der Waals surface area contributed by atoms with E-state index in [1.807, 2.05) is 0 Å². The quantitative estimate of drug-likeness (QED) is 0.447. The fourth-order valence-electron chi connectivity index (χ4n) is 4.53. The summed E-state index contributed by atoms with van der Waals surface area (Å²) in [6.07, 6.45) is 13.9. The minimum absolute atomic E-state index is 0.0462. The third-order valence-corrected chi connectivity index (χ3v) is 6.96. The van der Waals surface area contributed by atoms with Crippen molar-refractivity contribution in [2.24, 2.45) is 16.2 Å². The lowest BCUT2D eigenvalue weighted by atomic mass is 9.57. The molecule has 0 saturated heterocycles. The Morgan fingerprint density at radius 1 is 0.852 bits per heavy atom. The molecule has 0 radical (unpaired) electrons. The van der Waals surface area contributed by atoms with Crippen molar-refractivity contribution in [1.82, 2.24) is 0 Å².